The van der Waals surface area contributed by atoms with Gasteiger partial charge in [-0.05, 0) is 31.0 Å². The molecule has 1 N–H and O–H groups in total. The third-order valence-corrected chi connectivity index (χ3v) is 3.26. The summed E-state index contributed by atoms with van der Waals surface area (Å²) in [7, 11) is 0. The van der Waals surface area contributed by atoms with Crippen LogP contribution in [0.2, 0.25) is 0 Å². The molecule has 1 fully saturated rings. The maximum Gasteiger partial charge on any atom is 0.0620 e. The number of ether oxygens (including phenoxy) is 1. The van der Waals surface area contributed by atoms with E-state index < -0.39 is 0 Å². The van der Waals surface area contributed by atoms with Gasteiger partial charge in [0.25, 0.3) is 0 Å². The monoisotopic (exact) mass is 269 g/mol. The van der Waals surface area contributed by atoms with Crippen molar-refractivity contribution in [2.75, 3.05) is 13.2 Å². The van der Waals surface area contributed by atoms with E-state index in [1.54, 1.807) is 0 Å². The Balaban J connectivity index is 1.97. The summed E-state index contributed by atoms with van der Waals surface area (Å²) >= 11 is 3.49. The lowest BCUT2D eigenvalue weighted by molar-refractivity contribution is 0.188. The lowest BCUT2D eigenvalue weighted by atomic mass is 10.1. The molecule has 1 unspecified atom stereocenters. The van der Waals surface area contributed by atoms with E-state index >= 15 is 0 Å². The van der Waals surface area contributed by atoms with E-state index in [9.17, 15) is 0 Å². The topological polar surface area (TPSA) is 21.3 Å². The van der Waals surface area contributed by atoms with Crippen molar-refractivity contribution in [1.29, 1.82) is 0 Å². The lowest BCUT2D eigenvalue weighted by Crippen LogP contribution is -2.31. The zero-order valence-electron chi connectivity index (χ0n) is 8.87. The second kappa shape index (κ2) is 5.10. The number of benzene rings is 1. The smallest absolute Gasteiger partial charge is 0.0620 e. The van der Waals surface area contributed by atoms with Gasteiger partial charge in [-0.2, -0.15) is 0 Å². The second-order valence-electron chi connectivity index (χ2n) is 4.00. The van der Waals surface area contributed by atoms with E-state index in [2.05, 4.69) is 52.4 Å². The number of hydrogen-bond donors (Lipinski definition) is 1. The van der Waals surface area contributed by atoms with Gasteiger partial charge in [0.1, 0.15) is 0 Å². The Morgan fingerprint density at radius 1 is 1.53 bits per heavy atom. The van der Waals surface area contributed by atoms with Crippen LogP contribution >= 0.6 is 15.9 Å². The third kappa shape index (κ3) is 3.03. The molecule has 2 atom stereocenters. The maximum atomic E-state index is 5.35. The summed E-state index contributed by atoms with van der Waals surface area (Å²) in [6.45, 7) is 3.93. The van der Waals surface area contributed by atoms with Crippen LogP contribution in [0.15, 0.2) is 28.7 Å². The normalized spacial score (nSPS) is 22.9. The summed E-state index contributed by atoms with van der Waals surface area (Å²) in [6, 6.07) is 9.33. The minimum absolute atomic E-state index is 0.384. The molecule has 15 heavy (non-hydrogen) atoms. The van der Waals surface area contributed by atoms with Crippen LogP contribution in [0.25, 0.3) is 0 Å². The van der Waals surface area contributed by atoms with E-state index in [0.717, 1.165) is 24.1 Å². The Morgan fingerprint density at radius 3 is 3.07 bits per heavy atom. The van der Waals surface area contributed by atoms with Crippen molar-refractivity contribution in [2.24, 2.45) is 0 Å². The van der Waals surface area contributed by atoms with Crippen LogP contribution in [0.1, 0.15) is 24.9 Å². The van der Waals surface area contributed by atoms with Crippen molar-refractivity contribution in [3.05, 3.63) is 34.3 Å². The first-order chi connectivity index (χ1) is 7.25. The molecule has 0 bridgehead atoms. The highest BCUT2D eigenvalue weighted by molar-refractivity contribution is 9.10. The van der Waals surface area contributed by atoms with E-state index in [1.807, 2.05) is 0 Å². The Bertz CT molecular complexity index is 323. The van der Waals surface area contributed by atoms with E-state index in [1.165, 1.54) is 5.56 Å². The molecule has 1 saturated heterocycles. The van der Waals surface area contributed by atoms with Crippen LogP contribution in [0.3, 0.4) is 0 Å². The maximum absolute atomic E-state index is 5.35. The highest BCUT2D eigenvalue weighted by Crippen LogP contribution is 2.19. The standard InChI is InChI=1S/C12H16BrNO/c1-9(14-12-5-6-15-8-12)10-3-2-4-11(13)7-10/h2-4,7,9,12,14H,5-6,8H2,1H3/t9-,12?/m1/s1. The van der Waals surface area contributed by atoms with Gasteiger partial charge < -0.3 is 10.1 Å². The number of rotatable bonds is 3. The molecule has 2 rings (SSSR count). The average molecular weight is 270 g/mol. The van der Waals surface area contributed by atoms with Gasteiger partial charge in [-0.3, -0.25) is 0 Å². The summed E-state index contributed by atoms with van der Waals surface area (Å²) in [4.78, 5) is 0. The molecular weight excluding hydrogens is 254 g/mol. The van der Waals surface area contributed by atoms with Gasteiger partial charge in [0.05, 0.1) is 6.61 Å². The van der Waals surface area contributed by atoms with Crippen molar-refractivity contribution in [1.82, 2.24) is 5.32 Å². The molecule has 82 valence electrons. The summed E-state index contributed by atoms with van der Waals surface area (Å²) < 4.78 is 6.48. The summed E-state index contributed by atoms with van der Waals surface area (Å²) in [6.07, 6.45) is 1.12. The molecule has 0 spiro atoms. The van der Waals surface area contributed by atoms with Gasteiger partial charge in [0.15, 0.2) is 0 Å². The first kappa shape index (κ1) is 11.1. The van der Waals surface area contributed by atoms with Gasteiger partial charge in [-0.25, -0.2) is 0 Å². The lowest BCUT2D eigenvalue weighted by Gasteiger charge is -2.18. The Hall–Kier alpha value is -0.380. The van der Waals surface area contributed by atoms with Crippen LogP contribution in [0.5, 0.6) is 0 Å². The summed E-state index contributed by atoms with van der Waals surface area (Å²) in [5.41, 5.74) is 1.32. The molecule has 1 aliphatic heterocycles. The van der Waals surface area contributed by atoms with Crippen molar-refractivity contribution in [3.63, 3.8) is 0 Å². The molecule has 3 heteroatoms. The minimum Gasteiger partial charge on any atom is -0.380 e. The molecular formula is C12H16BrNO. The molecule has 1 aromatic rings. The van der Waals surface area contributed by atoms with E-state index in [4.69, 9.17) is 4.74 Å². The number of hydrogen-bond acceptors (Lipinski definition) is 2. The molecule has 0 aromatic heterocycles. The Morgan fingerprint density at radius 2 is 2.40 bits per heavy atom. The molecule has 0 saturated carbocycles. The van der Waals surface area contributed by atoms with Crippen LogP contribution in [-0.4, -0.2) is 19.3 Å². The van der Waals surface area contributed by atoms with Crippen molar-refractivity contribution < 1.29 is 4.74 Å². The highest BCUT2D eigenvalue weighted by atomic mass is 79.9. The Kier molecular flexibility index (Phi) is 3.78. The zero-order valence-corrected chi connectivity index (χ0v) is 10.5. The highest BCUT2D eigenvalue weighted by Gasteiger charge is 2.17. The van der Waals surface area contributed by atoms with Crippen LogP contribution in [0.4, 0.5) is 0 Å². The zero-order chi connectivity index (χ0) is 10.7. The van der Waals surface area contributed by atoms with Crippen LogP contribution in [0, 0.1) is 0 Å². The fourth-order valence-electron chi connectivity index (χ4n) is 1.89. The minimum atomic E-state index is 0.384. The molecule has 0 amide bonds. The summed E-state index contributed by atoms with van der Waals surface area (Å²) in [5, 5.41) is 3.58. The predicted molar refractivity (Wildman–Crippen MR) is 64.9 cm³/mol. The molecule has 1 heterocycles. The van der Waals surface area contributed by atoms with Gasteiger partial charge >= 0.3 is 0 Å². The van der Waals surface area contributed by atoms with Crippen LogP contribution < -0.4 is 5.32 Å². The molecule has 0 radical (unpaired) electrons. The van der Waals surface area contributed by atoms with Crippen molar-refractivity contribution in [3.8, 4) is 0 Å². The number of nitrogens with one attached hydrogen (secondary N) is 1. The van der Waals surface area contributed by atoms with Crippen molar-refractivity contribution in [2.45, 2.75) is 25.4 Å². The van der Waals surface area contributed by atoms with Gasteiger partial charge in [0, 0.05) is 23.2 Å². The van der Waals surface area contributed by atoms with E-state index in [0.29, 0.717) is 12.1 Å². The molecule has 2 nitrogen and oxygen atoms in total. The molecule has 0 aliphatic carbocycles. The fourth-order valence-corrected chi connectivity index (χ4v) is 2.31. The molecule has 1 aliphatic rings. The Labute approximate surface area is 99.1 Å². The quantitative estimate of drug-likeness (QED) is 0.911. The summed E-state index contributed by atoms with van der Waals surface area (Å²) in [5.74, 6) is 0. The average Bonchev–Trinajstić information content (AvgIpc) is 2.70. The second-order valence-corrected chi connectivity index (χ2v) is 4.92. The van der Waals surface area contributed by atoms with Gasteiger partial charge in [-0.1, -0.05) is 28.1 Å². The van der Waals surface area contributed by atoms with Crippen molar-refractivity contribution >= 4 is 15.9 Å². The first-order valence-electron chi connectivity index (χ1n) is 5.35. The predicted octanol–water partition coefficient (Wildman–Crippen LogP) is 2.89. The van der Waals surface area contributed by atoms with Crippen LogP contribution in [-0.2, 0) is 4.74 Å². The first-order valence-corrected chi connectivity index (χ1v) is 6.14. The third-order valence-electron chi connectivity index (χ3n) is 2.76. The fraction of sp³-hybridized carbons (Fsp3) is 0.500. The van der Waals surface area contributed by atoms with Gasteiger partial charge in [-0.15, -0.1) is 0 Å². The number of halogens is 1. The molecule has 1 aromatic carbocycles. The SMILES string of the molecule is C[C@@H](NC1CCOC1)c1cccc(Br)c1. The van der Waals surface area contributed by atoms with Gasteiger partial charge in [0.2, 0.25) is 0 Å². The van der Waals surface area contributed by atoms with E-state index in [-0.39, 0.29) is 0 Å². The largest absolute Gasteiger partial charge is 0.380 e.